The Morgan fingerprint density at radius 1 is 1.10 bits per heavy atom. The molecule has 0 radical (unpaired) electrons. The van der Waals surface area contributed by atoms with Crippen LogP contribution in [0.3, 0.4) is 0 Å². The number of halogens is 4. The highest BCUT2D eigenvalue weighted by molar-refractivity contribution is 14.1. The van der Waals surface area contributed by atoms with Crippen LogP contribution in [-0.4, -0.2) is 9.97 Å². The molecule has 0 bridgehead atoms. The second kappa shape index (κ2) is 5.54. The Balaban J connectivity index is 2.26. The minimum absolute atomic E-state index is 0.292. The number of hydrogen-bond acceptors (Lipinski definition) is 2. The lowest BCUT2D eigenvalue weighted by Gasteiger charge is -2.07. The number of nitrogens with zero attached hydrogens (tertiary/aromatic N) is 2. The Labute approximate surface area is 141 Å². The molecule has 0 saturated heterocycles. The van der Waals surface area contributed by atoms with Gasteiger partial charge in [-0.1, -0.05) is 27.5 Å². The Kier molecular flexibility index (Phi) is 3.92. The van der Waals surface area contributed by atoms with Crippen molar-refractivity contribution in [2.24, 2.45) is 0 Å². The third kappa shape index (κ3) is 2.66. The van der Waals surface area contributed by atoms with Crippen LogP contribution in [0.1, 0.15) is 0 Å². The van der Waals surface area contributed by atoms with E-state index in [2.05, 4.69) is 48.5 Å². The van der Waals surface area contributed by atoms with Crippen molar-refractivity contribution < 1.29 is 4.39 Å². The molecule has 0 saturated carbocycles. The van der Waals surface area contributed by atoms with Crippen molar-refractivity contribution in [2.45, 2.75) is 0 Å². The van der Waals surface area contributed by atoms with Crippen LogP contribution >= 0.6 is 50.1 Å². The molecule has 100 valence electrons. The predicted molar refractivity (Wildman–Crippen MR) is 90.4 cm³/mol. The summed E-state index contributed by atoms with van der Waals surface area (Å²) in [5.74, 6) is 0.196. The number of hydrogen-bond donors (Lipinski definition) is 0. The zero-order valence-electron chi connectivity index (χ0n) is 9.87. The fourth-order valence-corrected chi connectivity index (χ4v) is 3.71. The molecule has 3 rings (SSSR count). The first-order valence-corrected chi connectivity index (χ1v) is 7.88. The fourth-order valence-electron chi connectivity index (χ4n) is 1.85. The topological polar surface area (TPSA) is 25.8 Å². The quantitative estimate of drug-likeness (QED) is 0.354. The van der Waals surface area contributed by atoms with Crippen LogP contribution in [0.25, 0.3) is 22.3 Å². The van der Waals surface area contributed by atoms with E-state index >= 15 is 0 Å². The summed E-state index contributed by atoms with van der Waals surface area (Å²) in [6.07, 6.45) is 0. The smallest absolute Gasteiger partial charge is 0.161 e. The van der Waals surface area contributed by atoms with Gasteiger partial charge in [-0.25, -0.2) is 14.4 Å². The molecular weight excluding hydrogens is 457 g/mol. The van der Waals surface area contributed by atoms with E-state index < -0.39 is 0 Å². The van der Waals surface area contributed by atoms with Crippen molar-refractivity contribution in [1.82, 2.24) is 9.97 Å². The van der Waals surface area contributed by atoms with Crippen molar-refractivity contribution >= 4 is 61.0 Å². The summed E-state index contributed by atoms with van der Waals surface area (Å²) in [5, 5.41) is 1.17. The van der Waals surface area contributed by atoms with Crippen molar-refractivity contribution in [3.8, 4) is 11.4 Å². The summed E-state index contributed by atoms with van der Waals surface area (Å²) in [4.78, 5) is 8.82. The summed E-state index contributed by atoms with van der Waals surface area (Å²) < 4.78 is 14.9. The standard InChI is InChI=1S/C14H6BrClFIN2/c15-8-5-10-12(11(18)6-8)19-14(20-13(10)16)7-1-3-9(17)4-2-7/h1-6H. The van der Waals surface area contributed by atoms with Gasteiger partial charge in [-0.2, -0.15) is 0 Å². The lowest BCUT2D eigenvalue weighted by atomic mass is 10.2. The molecule has 1 heterocycles. The van der Waals surface area contributed by atoms with Gasteiger partial charge in [0.05, 0.1) is 5.52 Å². The summed E-state index contributed by atoms with van der Waals surface area (Å²) in [5.41, 5.74) is 1.52. The molecular formula is C14H6BrClFIN2. The van der Waals surface area contributed by atoms with E-state index in [0.717, 1.165) is 24.5 Å². The zero-order chi connectivity index (χ0) is 14.3. The van der Waals surface area contributed by atoms with Gasteiger partial charge >= 0.3 is 0 Å². The summed E-state index contributed by atoms with van der Waals surface area (Å²) >= 11 is 11.9. The van der Waals surface area contributed by atoms with Crippen LogP contribution in [0.5, 0.6) is 0 Å². The molecule has 0 fully saturated rings. The summed E-state index contributed by atoms with van der Waals surface area (Å²) in [7, 11) is 0. The maximum Gasteiger partial charge on any atom is 0.161 e. The van der Waals surface area contributed by atoms with Crippen LogP contribution in [0.4, 0.5) is 4.39 Å². The van der Waals surface area contributed by atoms with Crippen LogP contribution in [0.2, 0.25) is 5.15 Å². The molecule has 6 heteroatoms. The van der Waals surface area contributed by atoms with Gasteiger partial charge in [-0.15, -0.1) is 0 Å². The Morgan fingerprint density at radius 3 is 2.50 bits per heavy atom. The highest BCUT2D eigenvalue weighted by Gasteiger charge is 2.11. The highest BCUT2D eigenvalue weighted by atomic mass is 127. The molecule has 0 aliphatic rings. The van der Waals surface area contributed by atoms with Crippen molar-refractivity contribution in [3.63, 3.8) is 0 Å². The fraction of sp³-hybridized carbons (Fsp3) is 0. The Hall–Kier alpha value is -0.790. The van der Waals surface area contributed by atoms with Gasteiger partial charge in [0.1, 0.15) is 11.0 Å². The third-order valence-corrected chi connectivity index (χ3v) is 4.34. The molecule has 0 unspecified atom stereocenters. The third-order valence-electron chi connectivity index (χ3n) is 2.77. The number of aromatic nitrogens is 2. The van der Waals surface area contributed by atoms with Gasteiger partial charge in [-0.3, -0.25) is 0 Å². The average molecular weight is 463 g/mol. The minimum Gasteiger partial charge on any atom is -0.227 e. The van der Waals surface area contributed by atoms with Crippen LogP contribution in [-0.2, 0) is 0 Å². The normalized spacial score (nSPS) is 11.0. The Morgan fingerprint density at radius 2 is 1.80 bits per heavy atom. The molecule has 1 aromatic heterocycles. The maximum atomic E-state index is 13.0. The zero-order valence-corrected chi connectivity index (χ0v) is 14.4. The highest BCUT2D eigenvalue weighted by Crippen LogP contribution is 2.30. The average Bonchev–Trinajstić information content (AvgIpc) is 2.40. The first-order valence-electron chi connectivity index (χ1n) is 5.63. The first kappa shape index (κ1) is 14.2. The van der Waals surface area contributed by atoms with E-state index in [0.29, 0.717) is 11.0 Å². The van der Waals surface area contributed by atoms with E-state index in [4.69, 9.17) is 11.6 Å². The minimum atomic E-state index is -0.292. The predicted octanol–water partition coefficient (Wildman–Crippen LogP) is 5.46. The summed E-state index contributed by atoms with van der Waals surface area (Å²) in [6, 6.07) is 9.87. The van der Waals surface area contributed by atoms with Gasteiger partial charge in [0.15, 0.2) is 5.82 Å². The van der Waals surface area contributed by atoms with E-state index in [1.165, 1.54) is 12.1 Å². The summed E-state index contributed by atoms with van der Waals surface area (Å²) in [6.45, 7) is 0. The largest absolute Gasteiger partial charge is 0.227 e. The number of benzene rings is 2. The maximum absolute atomic E-state index is 13.0. The van der Waals surface area contributed by atoms with Gasteiger partial charge < -0.3 is 0 Å². The molecule has 2 nitrogen and oxygen atoms in total. The lowest BCUT2D eigenvalue weighted by Crippen LogP contribution is -1.94. The van der Waals surface area contributed by atoms with Crippen LogP contribution in [0.15, 0.2) is 40.9 Å². The van der Waals surface area contributed by atoms with Crippen molar-refractivity contribution in [2.75, 3.05) is 0 Å². The molecule has 20 heavy (non-hydrogen) atoms. The second-order valence-electron chi connectivity index (χ2n) is 4.13. The van der Waals surface area contributed by atoms with E-state index in [1.54, 1.807) is 12.1 Å². The van der Waals surface area contributed by atoms with Gasteiger partial charge in [0, 0.05) is 19.0 Å². The van der Waals surface area contributed by atoms with E-state index in [-0.39, 0.29) is 5.82 Å². The van der Waals surface area contributed by atoms with E-state index in [9.17, 15) is 4.39 Å². The first-order chi connectivity index (χ1) is 9.54. The van der Waals surface area contributed by atoms with Gasteiger partial charge in [0.2, 0.25) is 0 Å². The van der Waals surface area contributed by atoms with Gasteiger partial charge in [-0.05, 0) is 59.0 Å². The van der Waals surface area contributed by atoms with Gasteiger partial charge in [0.25, 0.3) is 0 Å². The van der Waals surface area contributed by atoms with E-state index in [1.807, 2.05) is 12.1 Å². The molecule has 0 N–H and O–H groups in total. The number of fused-ring (bicyclic) bond motifs is 1. The molecule has 0 aliphatic heterocycles. The van der Waals surface area contributed by atoms with Crippen molar-refractivity contribution in [1.29, 1.82) is 0 Å². The SMILES string of the molecule is Fc1ccc(-c2nc(Cl)c3cc(Br)cc(I)c3n2)cc1. The Bertz CT molecular complexity index is 808. The monoisotopic (exact) mass is 462 g/mol. The van der Waals surface area contributed by atoms with Crippen molar-refractivity contribution in [3.05, 3.63) is 55.4 Å². The lowest BCUT2D eigenvalue weighted by molar-refractivity contribution is 0.628. The van der Waals surface area contributed by atoms with Crippen LogP contribution in [0, 0.1) is 9.39 Å². The molecule has 0 amide bonds. The molecule has 2 aromatic carbocycles. The number of rotatable bonds is 1. The molecule has 0 spiro atoms. The molecule has 0 aliphatic carbocycles. The van der Waals surface area contributed by atoms with Crippen LogP contribution < -0.4 is 0 Å². The molecule has 0 atom stereocenters. The molecule has 3 aromatic rings. The second-order valence-corrected chi connectivity index (χ2v) is 6.56.